The maximum Gasteiger partial charge on any atom is 0.341 e. The van der Waals surface area contributed by atoms with Gasteiger partial charge in [0, 0.05) is 5.92 Å². The fourth-order valence-electron chi connectivity index (χ4n) is 1.49. The summed E-state index contributed by atoms with van der Waals surface area (Å²) in [6, 6.07) is 0. The summed E-state index contributed by atoms with van der Waals surface area (Å²) in [5.74, 6) is -0.157. The summed E-state index contributed by atoms with van der Waals surface area (Å²) in [5.41, 5.74) is 6.24. The second-order valence-corrected chi connectivity index (χ2v) is 3.50. The van der Waals surface area contributed by atoms with Crippen LogP contribution in [0, 0.1) is 6.92 Å². The van der Waals surface area contributed by atoms with E-state index in [-0.39, 0.29) is 17.3 Å². The molecule has 0 unspecified atom stereocenters. The Balaban J connectivity index is 2.58. The molecule has 0 atom stereocenters. The topological polar surface area (TPSA) is 89.1 Å². The van der Waals surface area contributed by atoms with Gasteiger partial charge in [-0.25, -0.2) is 14.8 Å². The van der Waals surface area contributed by atoms with E-state index in [2.05, 4.69) is 9.97 Å². The highest BCUT2D eigenvalue weighted by molar-refractivity contribution is 5.94. The Kier molecular flexibility index (Phi) is 1.87. The van der Waals surface area contributed by atoms with E-state index in [1.807, 2.05) is 0 Å². The third kappa shape index (κ3) is 1.41. The Morgan fingerprint density at radius 1 is 1.50 bits per heavy atom. The van der Waals surface area contributed by atoms with E-state index in [0.717, 1.165) is 12.8 Å². The van der Waals surface area contributed by atoms with Gasteiger partial charge in [-0.2, -0.15) is 0 Å². The maximum atomic E-state index is 10.9. The third-order valence-corrected chi connectivity index (χ3v) is 2.25. The normalized spacial score (nSPS) is 15.5. The van der Waals surface area contributed by atoms with E-state index in [4.69, 9.17) is 10.8 Å². The summed E-state index contributed by atoms with van der Waals surface area (Å²) < 4.78 is 0. The molecule has 0 spiro atoms. The minimum absolute atomic E-state index is 0.0758. The van der Waals surface area contributed by atoms with Gasteiger partial charge in [0.15, 0.2) is 0 Å². The van der Waals surface area contributed by atoms with E-state index in [9.17, 15) is 4.79 Å². The zero-order valence-electron chi connectivity index (χ0n) is 7.82. The molecule has 1 aliphatic carbocycles. The second kappa shape index (κ2) is 2.94. The second-order valence-electron chi connectivity index (χ2n) is 3.50. The number of carboxylic acid groups (broad SMARTS) is 1. The van der Waals surface area contributed by atoms with Crippen LogP contribution in [0.25, 0.3) is 0 Å². The predicted molar refractivity (Wildman–Crippen MR) is 50.1 cm³/mol. The molecule has 0 bridgehead atoms. The molecule has 5 heteroatoms. The Labute approximate surface area is 81.0 Å². The number of nitrogens with zero attached hydrogens (tertiary/aromatic N) is 2. The van der Waals surface area contributed by atoms with Crippen LogP contribution in [0.5, 0.6) is 0 Å². The highest BCUT2D eigenvalue weighted by atomic mass is 16.4. The van der Waals surface area contributed by atoms with Crippen molar-refractivity contribution in [3.63, 3.8) is 0 Å². The summed E-state index contributed by atoms with van der Waals surface area (Å²) in [4.78, 5) is 18.9. The van der Waals surface area contributed by atoms with Gasteiger partial charge in [-0.15, -0.1) is 0 Å². The molecular weight excluding hydrogens is 182 g/mol. The van der Waals surface area contributed by atoms with Crippen molar-refractivity contribution in [1.29, 1.82) is 0 Å². The van der Waals surface area contributed by atoms with Gasteiger partial charge in [0.1, 0.15) is 17.2 Å². The summed E-state index contributed by atoms with van der Waals surface area (Å²) in [6.07, 6.45) is 1.99. The molecule has 2 rings (SSSR count). The molecule has 0 aliphatic heterocycles. The molecule has 1 aromatic rings. The molecule has 1 heterocycles. The first kappa shape index (κ1) is 8.93. The zero-order valence-corrected chi connectivity index (χ0v) is 7.82. The first-order valence-corrected chi connectivity index (χ1v) is 4.47. The first-order valence-electron chi connectivity index (χ1n) is 4.47. The molecule has 14 heavy (non-hydrogen) atoms. The number of nitrogen functional groups attached to an aromatic ring is 1. The van der Waals surface area contributed by atoms with E-state index in [1.165, 1.54) is 0 Å². The maximum absolute atomic E-state index is 10.9. The molecule has 74 valence electrons. The Morgan fingerprint density at radius 3 is 2.64 bits per heavy atom. The molecular formula is C9H11N3O2. The average Bonchev–Trinajstić information content (AvgIpc) is 2.82. The Morgan fingerprint density at radius 2 is 2.14 bits per heavy atom. The standard InChI is InChI=1S/C9H11N3O2/c1-4-11-7(5-2-3-5)6(9(13)14)8(10)12-4/h5H,2-3H2,1H3,(H,13,14)(H2,10,11,12). The van der Waals surface area contributed by atoms with Crippen LogP contribution in [0.4, 0.5) is 5.82 Å². The van der Waals surface area contributed by atoms with Crippen LogP contribution in [0.1, 0.15) is 40.6 Å². The zero-order chi connectivity index (χ0) is 10.3. The SMILES string of the molecule is Cc1nc(N)c(C(=O)O)c(C2CC2)n1. The minimum atomic E-state index is -1.04. The molecule has 0 aromatic carbocycles. The fourth-order valence-corrected chi connectivity index (χ4v) is 1.49. The molecule has 1 fully saturated rings. The number of aryl methyl sites for hydroxylation is 1. The number of hydrogen-bond acceptors (Lipinski definition) is 4. The van der Waals surface area contributed by atoms with Crippen LogP contribution in [-0.4, -0.2) is 21.0 Å². The smallest absolute Gasteiger partial charge is 0.341 e. The van der Waals surface area contributed by atoms with E-state index < -0.39 is 5.97 Å². The van der Waals surface area contributed by atoms with Crippen molar-refractivity contribution < 1.29 is 9.90 Å². The lowest BCUT2D eigenvalue weighted by molar-refractivity contribution is 0.0696. The molecule has 3 N–H and O–H groups in total. The van der Waals surface area contributed by atoms with Crippen molar-refractivity contribution in [2.24, 2.45) is 0 Å². The number of anilines is 1. The van der Waals surface area contributed by atoms with Gasteiger partial charge >= 0.3 is 5.97 Å². The number of hydrogen-bond donors (Lipinski definition) is 2. The monoisotopic (exact) mass is 193 g/mol. The molecule has 0 radical (unpaired) electrons. The van der Waals surface area contributed by atoms with Crippen molar-refractivity contribution in [2.75, 3.05) is 5.73 Å². The number of nitrogens with two attached hydrogens (primary N) is 1. The third-order valence-electron chi connectivity index (χ3n) is 2.25. The molecule has 0 amide bonds. The summed E-state index contributed by atoms with van der Waals surface area (Å²) in [6.45, 7) is 1.72. The van der Waals surface area contributed by atoms with Gasteiger partial charge in [0.05, 0.1) is 5.69 Å². The van der Waals surface area contributed by atoms with E-state index in [0.29, 0.717) is 11.5 Å². The molecule has 1 saturated carbocycles. The van der Waals surface area contributed by atoms with Gasteiger partial charge < -0.3 is 10.8 Å². The molecule has 5 nitrogen and oxygen atoms in total. The van der Waals surface area contributed by atoms with Crippen LogP contribution in [0.15, 0.2) is 0 Å². The van der Waals surface area contributed by atoms with Crippen molar-refractivity contribution >= 4 is 11.8 Å². The quantitative estimate of drug-likeness (QED) is 0.729. The Hall–Kier alpha value is -1.65. The van der Waals surface area contributed by atoms with E-state index >= 15 is 0 Å². The van der Waals surface area contributed by atoms with Gasteiger partial charge in [-0.05, 0) is 19.8 Å². The number of aromatic carboxylic acids is 1. The molecule has 0 saturated heterocycles. The fraction of sp³-hybridized carbons (Fsp3) is 0.444. The first-order chi connectivity index (χ1) is 6.59. The van der Waals surface area contributed by atoms with Crippen LogP contribution in [-0.2, 0) is 0 Å². The lowest BCUT2D eigenvalue weighted by atomic mass is 10.1. The summed E-state index contributed by atoms with van der Waals surface area (Å²) >= 11 is 0. The van der Waals surface area contributed by atoms with Crippen LogP contribution in [0.2, 0.25) is 0 Å². The Bertz CT molecular complexity index is 399. The lowest BCUT2D eigenvalue weighted by Gasteiger charge is -2.06. The van der Waals surface area contributed by atoms with Gasteiger partial charge in [-0.1, -0.05) is 0 Å². The van der Waals surface area contributed by atoms with Crippen molar-refractivity contribution in [2.45, 2.75) is 25.7 Å². The van der Waals surface area contributed by atoms with Crippen molar-refractivity contribution in [3.8, 4) is 0 Å². The molecule has 1 aliphatic rings. The lowest BCUT2D eigenvalue weighted by Crippen LogP contribution is -2.11. The van der Waals surface area contributed by atoms with Crippen LogP contribution < -0.4 is 5.73 Å². The van der Waals surface area contributed by atoms with Crippen LogP contribution >= 0.6 is 0 Å². The highest BCUT2D eigenvalue weighted by Gasteiger charge is 2.31. The number of rotatable bonds is 2. The number of carboxylic acids is 1. The van der Waals surface area contributed by atoms with Crippen molar-refractivity contribution in [1.82, 2.24) is 9.97 Å². The average molecular weight is 193 g/mol. The van der Waals surface area contributed by atoms with Crippen LogP contribution in [0.3, 0.4) is 0 Å². The van der Waals surface area contributed by atoms with Gasteiger partial charge in [0.25, 0.3) is 0 Å². The number of carbonyl (C=O) groups is 1. The summed E-state index contributed by atoms with van der Waals surface area (Å²) in [5, 5.41) is 8.95. The predicted octanol–water partition coefficient (Wildman–Crippen LogP) is 0.943. The number of aromatic nitrogens is 2. The van der Waals surface area contributed by atoms with E-state index in [1.54, 1.807) is 6.92 Å². The minimum Gasteiger partial charge on any atom is -0.477 e. The highest BCUT2D eigenvalue weighted by Crippen LogP contribution is 2.41. The van der Waals surface area contributed by atoms with Gasteiger partial charge in [-0.3, -0.25) is 0 Å². The van der Waals surface area contributed by atoms with Gasteiger partial charge in [0.2, 0.25) is 0 Å². The summed E-state index contributed by atoms with van der Waals surface area (Å²) in [7, 11) is 0. The van der Waals surface area contributed by atoms with Crippen molar-refractivity contribution in [3.05, 3.63) is 17.1 Å². The largest absolute Gasteiger partial charge is 0.477 e. The molecule has 1 aromatic heterocycles.